The third-order valence-corrected chi connectivity index (χ3v) is 4.30. The molecule has 1 rings (SSSR count). The first-order valence-electron chi connectivity index (χ1n) is 14.3. The molecule has 0 bridgehead atoms. The number of hydrogen-bond donors (Lipinski definition) is 4. The van der Waals surface area contributed by atoms with Gasteiger partial charge in [0, 0.05) is 12.5 Å². The van der Waals surface area contributed by atoms with Crippen LogP contribution in [0.25, 0.3) is 0 Å². The van der Waals surface area contributed by atoms with E-state index in [-0.39, 0.29) is 30.6 Å². The number of nitrogens with two attached hydrogens (primary N) is 2. The highest BCUT2D eigenvalue weighted by atomic mass is 16.2. The first kappa shape index (κ1) is 48.7. The zero-order chi connectivity index (χ0) is 31.2. The topological polar surface area (TPSA) is 161 Å². The fourth-order valence-corrected chi connectivity index (χ4v) is 2.17. The number of carbonyl (C=O) groups is 5. The fourth-order valence-electron chi connectivity index (χ4n) is 2.17. The Morgan fingerprint density at radius 1 is 0.921 bits per heavy atom. The molecule has 0 aromatic heterocycles. The largest absolute Gasteiger partial charge is 0.372 e. The number of ketones is 1. The molecule has 9 nitrogen and oxygen atoms in total. The standard InChI is InChI=1S/C14H22N2O4.C5H12.2C3H8.C2H6.CH3NO.CH5N/c17-9-13(19)12(7-11-4-5-11)3-1-2-6-16-14(20)8-15-10-18;1-4-5(2)3;2*1-3-2;1-2;2-1-3;1-2/h9-12H,1-8H2,(H,15,18)(H,16,20);5H,4H2,1-3H3;2*3H2,1-2H3;1-2H3;1H,(H2,2,3);2H2,1H3. The Hall–Kier alpha value is -2.29. The Labute approximate surface area is 235 Å². The van der Waals surface area contributed by atoms with Gasteiger partial charge in [-0.2, -0.15) is 0 Å². The monoisotopic (exact) mass is 548 g/mol. The number of amides is 3. The van der Waals surface area contributed by atoms with Crippen LogP contribution in [0.5, 0.6) is 0 Å². The lowest BCUT2D eigenvalue weighted by atomic mass is 9.92. The molecule has 0 aromatic carbocycles. The smallest absolute Gasteiger partial charge is 0.239 e. The van der Waals surface area contributed by atoms with Crippen LogP contribution in [0.3, 0.4) is 0 Å². The molecule has 0 saturated heterocycles. The summed E-state index contributed by atoms with van der Waals surface area (Å²) in [4.78, 5) is 51.8. The van der Waals surface area contributed by atoms with Crippen molar-refractivity contribution in [2.45, 2.75) is 120 Å². The number of unbranched alkanes of at least 4 members (excludes halogenated alkanes) is 1. The fraction of sp³-hybridized carbons (Fsp3) is 0.828. The van der Waals surface area contributed by atoms with E-state index in [0.29, 0.717) is 31.6 Å². The van der Waals surface area contributed by atoms with Gasteiger partial charge in [0.05, 0.1) is 6.54 Å². The molecule has 1 aliphatic carbocycles. The lowest BCUT2D eigenvalue weighted by Gasteiger charge is -2.12. The Kier molecular flexibility index (Phi) is 61.4. The molecule has 1 saturated carbocycles. The van der Waals surface area contributed by atoms with Gasteiger partial charge in [-0.15, -0.1) is 0 Å². The molecule has 3 amide bonds. The molecule has 1 aliphatic rings. The van der Waals surface area contributed by atoms with Crippen molar-refractivity contribution in [2.24, 2.45) is 29.2 Å². The van der Waals surface area contributed by atoms with E-state index < -0.39 is 0 Å². The highest BCUT2D eigenvalue weighted by molar-refractivity contribution is 6.25. The van der Waals surface area contributed by atoms with Gasteiger partial charge in [0.2, 0.25) is 18.7 Å². The van der Waals surface area contributed by atoms with Gasteiger partial charge < -0.3 is 22.1 Å². The van der Waals surface area contributed by atoms with Gasteiger partial charge in [-0.05, 0) is 38.1 Å². The second-order valence-corrected chi connectivity index (χ2v) is 8.59. The van der Waals surface area contributed by atoms with E-state index in [1.807, 2.05) is 13.8 Å². The molecule has 230 valence electrons. The van der Waals surface area contributed by atoms with Crippen molar-refractivity contribution in [1.29, 1.82) is 0 Å². The first-order chi connectivity index (χ1) is 18.2. The maximum Gasteiger partial charge on any atom is 0.239 e. The Balaban J connectivity index is -0.000000117. The van der Waals surface area contributed by atoms with Crippen molar-refractivity contribution in [3.8, 4) is 0 Å². The molecule has 0 spiro atoms. The zero-order valence-corrected chi connectivity index (χ0v) is 26.4. The minimum Gasteiger partial charge on any atom is -0.372 e. The second kappa shape index (κ2) is 47.9. The molecule has 0 radical (unpaired) electrons. The summed E-state index contributed by atoms with van der Waals surface area (Å²) in [6.45, 7) is 19.6. The number of Topliss-reactive ketones (excluding diaryl/α,β-unsaturated/α-hetero) is 1. The molecule has 1 unspecified atom stereocenters. The SMILES string of the molecule is CC.CCC.CCC.CCC(C)C.CN.NC=O.O=CNCC(=O)NCCCCC(CC1CC1)C(=O)C=O. The maximum absolute atomic E-state index is 11.5. The van der Waals surface area contributed by atoms with Crippen LogP contribution >= 0.6 is 0 Å². The normalized spacial score (nSPS) is 10.8. The first-order valence-corrected chi connectivity index (χ1v) is 14.3. The molecule has 1 fully saturated rings. The van der Waals surface area contributed by atoms with Crippen LogP contribution < -0.4 is 22.1 Å². The molecule has 6 N–H and O–H groups in total. The summed E-state index contributed by atoms with van der Waals surface area (Å²) in [5.41, 5.74) is 8.67. The summed E-state index contributed by atoms with van der Waals surface area (Å²) in [6, 6.07) is 0. The van der Waals surface area contributed by atoms with Crippen molar-refractivity contribution in [3.05, 3.63) is 0 Å². The van der Waals surface area contributed by atoms with Crippen molar-refractivity contribution in [3.63, 3.8) is 0 Å². The van der Waals surface area contributed by atoms with E-state index in [9.17, 15) is 19.2 Å². The van der Waals surface area contributed by atoms with Crippen LogP contribution in [0, 0.1) is 17.8 Å². The Morgan fingerprint density at radius 3 is 1.66 bits per heavy atom. The van der Waals surface area contributed by atoms with E-state index in [4.69, 9.17) is 4.79 Å². The third-order valence-electron chi connectivity index (χ3n) is 4.30. The number of nitrogens with one attached hydrogen (secondary N) is 2. The quantitative estimate of drug-likeness (QED) is 0.147. The van der Waals surface area contributed by atoms with E-state index >= 15 is 0 Å². The van der Waals surface area contributed by atoms with Crippen LogP contribution in [0.1, 0.15) is 120 Å². The summed E-state index contributed by atoms with van der Waals surface area (Å²) in [6.07, 6.45) is 10.4. The number of carbonyl (C=O) groups excluding carboxylic acids is 5. The van der Waals surface area contributed by atoms with Crippen LogP contribution in [0.2, 0.25) is 0 Å². The predicted molar refractivity (Wildman–Crippen MR) is 162 cm³/mol. The summed E-state index contributed by atoms with van der Waals surface area (Å²) >= 11 is 0. The van der Waals surface area contributed by atoms with E-state index in [1.54, 1.807) is 0 Å². The minimum absolute atomic E-state index is 0.0164. The summed E-state index contributed by atoms with van der Waals surface area (Å²) < 4.78 is 0. The molecule has 9 heteroatoms. The van der Waals surface area contributed by atoms with Gasteiger partial charge >= 0.3 is 0 Å². The summed E-state index contributed by atoms with van der Waals surface area (Å²) in [5.74, 6) is 0.840. The van der Waals surface area contributed by atoms with Gasteiger partial charge in [-0.1, -0.05) is 101 Å². The highest BCUT2D eigenvalue weighted by Crippen LogP contribution is 2.36. The van der Waals surface area contributed by atoms with Crippen LogP contribution in [0.15, 0.2) is 0 Å². The number of rotatable bonds is 13. The van der Waals surface area contributed by atoms with Crippen LogP contribution in [-0.2, 0) is 24.0 Å². The van der Waals surface area contributed by atoms with Gasteiger partial charge in [0.1, 0.15) is 0 Å². The molecular weight excluding hydrogens is 484 g/mol. The second-order valence-electron chi connectivity index (χ2n) is 8.59. The highest BCUT2D eigenvalue weighted by Gasteiger charge is 2.28. The molecular formula is C29H64N4O5. The van der Waals surface area contributed by atoms with Gasteiger partial charge in [-0.25, -0.2) is 0 Å². The lowest BCUT2D eigenvalue weighted by molar-refractivity contribution is -0.133. The average molecular weight is 549 g/mol. The maximum atomic E-state index is 11.5. The molecule has 0 heterocycles. The Morgan fingerprint density at radius 2 is 1.34 bits per heavy atom. The summed E-state index contributed by atoms with van der Waals surface area (Å²) in [5, 5.41) is 4.95. The summed E-state index contributed by atoms with van der Waals surface area (Å²) in [7, 11) is 1.50. The van der Waals surface area contributed by atoms with Gasteiger partial charge in [0.25, 0.3) is 0 Å². The molecule has 0 aliphatic heterocycles. The van der Waals surface area contributed by atoms with Crippen LogP contribution in [0.4, 0.5) is 0 Å². The average Bonchev–Trinajstić information content (AvgIpc) is 3.74. The van der Waals surface area contributed by atoms with Crippen LogP contribution in [-0.4, -0.2) is 50.9 Å². The van der Waals surface area contributed by atoms with E-state index in [1.165, 1.54) is 39.2 Å². The molecule has 0 aromatic rings. The van der Waals surface area contributed by atoms with Crippen molar-refractivity contribution < 1.29 is 24.0 Å². The molecule has 38 heavy (non-hydrogen) atoms. The lowest BCUT2D eigenvalue weighted by Crippen LogP contribution is -2.33. The van der Waals surface area contributed by atoms with Crippen molar-refractivity contribution >= 4 is 30.8 Å². The van der Waals surface area contributed by atoms with Gasteiger partial charge in [0.15, 0.2) is 12.1 Å². The van der Waals surface area contributed by atoms with Crippen molar-refractivity contribution in [2.75, 3.05) is 20.1 Å². The Bertz CT molecular complexity index is 484. The van der Waals surface area contributed by atoms with Gasteiger partial charge in [-0.3, -0.25) is 24.0 Å². The minimum atomic E-state index is -0.295. The zero-order valence-electron chi connectivity index (χ0n) is 26.4. The van der Waals surface area contributed by atoms with E-state index in [0.717, 1.165) is 25.2 Å². The van der Waals surface area contributed by atoms with E-state index in [2.05, 4.69) is 70.6 Å². The number of aldehydes is 1. The number of hydrogen-bond acceptors (Lipinski definition) is 6. The van der Waals surface area contributed by atoms with Crippen molar-refractivity contribution in [1.82, 2.24) is 10.6 Å². The number of primary amides is 1. The third kappa shape index (κ3) is 59.1. The molecule has 1 atom stereocenters. The predicted octanol–water partition coefficient (Wildman–Crippen LogP) is 4.79.